The zero-order chi connectivity index (χ0) is 24.3. The molecule has 196 valence electrons. The summed E-state index contributed by atoms with van der Waals surface area (Å²) in [7, 11) is -3.52. The molecule has 3 saturated heterocycles. The Balaban J connectivity index is 1.22. The van der Waals surface area contributed by atoms with E-state index in [1.807, 2.05) is 0 Å². The summed E-state index contributed by atoms with van der Waals surface area (Å²) >= 11 is 0. The third kappa shape index (κ3) is 6.29. The normalized spacial score (nSPS) is 38.2. The van der Waals surface area contributed by atoms with Gasteiger partial charge in [0.1, 0.15) is 18.3 Å². The fourth-order valence-electron chi connectivity index (χ4n) is 5.75. The number of piperidine rings is 1. The van der Waals surface area contributed by atoms with Gasteiger partial charge in [0.15, 0.2) is 0 Å². The van der Waals surface area contributed by atoms with Crippen molar-refractivity contribution >= 4 is 15.9 Å². The first kappa shape index (κ1) is 26.2. The quantitative estimate of drug-likeness (QED) is 0.370. The Kier molecular flexibility index (Phi) is 8.87. The Morgan fingerprint density at radius 1 is 1.00 bits per heavy atom. The third-order valence-electron chi connectivity index (χ3n) is 8.12. The van der Waals surface area contributed by atoms with Crippen LogP contribution in [0, 0.1) is 5.92 Å². The van der Waals surface area contributed by atoms with E-state index < -0.39 is 39.7 Å². The number of aliphatic hydroxyl groups is 2. The van der Waals surface area contributed by atoms with Gasteiger partial charge in [-0.3, -0.25) is 9.69 Å². The van der Waals surface area contributed by atoms with Gasteiger partial charge in [-0.05, 0) is 57.4 Å². The monoisotopic (exact) mass is 502 g/mol. The van der Waals surface area contributed by atoms with Gasteiger partial charge in [-0.15, -0.1) is 0 Å². The summed E-state index contributed by atoms with van der Waals surface area (Å²) in [5.74, 6) is 0.442. The molecule has 4 N–H and O–H groups in total. The van der Waals surface area contributed by atoms with Crippen LogP contribution in [0.2, 0.25) is 0 Å². The maximum absolute atomic E-state index is 12.9. The maximum atomic E-state index is 12.9. The number of carbonyl (C=O) groups is 1. The van der Waals surface area contributed by atoms with Crippen LogP contribution in [0.4, 0.5) is 0 Å². The van der Waals surface area contributed by atoms with E-state index in [1.54, 1.807) is 4.90 Å². The topological polar surface area (TPSA) is 131 Å². The number of hydrogen-bond acceptors (Lipinski definition) is 8. The third-order valence-corrected chi connectivity index (χ3v) is 10.0. The molecule has 0 radical (unpaired) electrons. The van der Waals surface area contributed by atoms with Gasteiger partial charge in [-0.2, -0.15) is 0 Å². The van der Waals surface area contributed by atoms with E-state index in [1.165, 1.54) is 12.8 Å². The van der Waals surface area contributed by atoms with Crippen molar-refractivity contribution in [2.75, 3.05) is 39.3 Å². The lowest BCUT2D eigenvalue weighted by molar-refractivity contribution is -0.137. The van der Waals surface area contributed by atoms with Crippen LogP contribution in [-0.2, 0) is 19.6 Å². The van der Waals surface area contributed by atoms with Crippen molar-refractivity contribution in [2.45, 2.75) is 94.1 Å². The highest BCUT2D eigenvalue weighted by molar-refractivity contribution is 7.90. The summed E-state index contributed by atoms with van der Waals surface area (Å²) < 4.78 is 33.7. The smallest absolute Gasteiger partial charge is 0.225 e. The molecule has 0 spiro atoms. The molecule has 0 aromatic carbocycles. The average Bonchev–Trinajstić information content (AvgIpc) is 3.11. The standard InChI is InChI=1S/C23H42N4O6S/c1-16-5-7-17(8-6-16)34(31,32)25-15-19-23(30)22(29)18(33-19)14-21(28)27-12-10-26(11-13-27)20-4-2-3-9-24-20/h16-20,22-25,29-30H,2-15H2,1H3. The molecule has 1 saturated carbocycles. The van der Waals surface area contributed by atoms with Gasteiger partial charge in [-0.25, -0.2) is 13.1 Å². The van der Waals surface area contributed by atoms with Gasteiger partial charge in [0.2, 0.25) is 15.9 Å². The molecule has 1 aliphatic carbocycles. The van der Waals surface area contributed by atoms with Crippen LogP contribution < -0.4 is 10.0 Å². The summed E-state index contributed by atoms with van der Waals surface area (Å²) in [6, 6.07) is 0. The van der Waals surface area contributed by atoms with E-state index in [0.29, 0.717) is 38.0 Å². The Hall–Kier alpha value is -0.820. The summed E-state index contributed by atoms with van der Waals surface area (Å²) in [6.45, 7) is 5.95. The summed E-state index contributed by atoms with van der Waals surface area (Å²) in [5, 5.41) is 24.0. The van der Waals surface area contributed by atoms with Crippen molar-refractivity contribution in [2.24, 2.45) is 5.92 Å². The predicted octanol–water partition coefficient (Wildman–Crippen LogP) is -0.392. The van der Waals surface area contributed by atoms with Crippen LogP contribution in [-0.4, -0.2) is 109 Å². The van der Waals surface area contributed by atoms with Gasteiger partial charge in [0.25, 0.3) is 0 Å². The highest BCUT2D eigenvalue weighted by Crippen LogP contribution is 2.29. The van der Waals surface area contributed by atoms with Gasteiger partial charge >= 0.3 is 0 Å². The number of sulfonamides is 1. The first-order valence-electron chi connectivity index (χ1n) is 13.0. The minimum atomic E-state index is -3.52. The number of rotatable bonds is 7. The van der Waals surface area contributed by atoms with E-state index in [0.717, 1.165) is 38.9 Å². The SMILES string of the molecule is CC1CCC(S(=O)(=O)NCC2OC(CC(=O)N3CCN(C4CCCCN4)CC3)C(O)C2O)CC1. The van der Waals surface area contributed by atoms with Crippen LogP contribution in [0.1, 0.15) is 58.3 Å². The Labute approximate surface area is 203 Å². The molecule has 4 fully saturated rings. The van der Waals surface area contributed by atoms with Gasteiger partial charge in [0.05, 0.1) is 23.9 Å². The van der Waals surface area contributed by atoms with Crippen LogP contribution in [0.3, 0.4) is 0 Å². The fraction of sp³-hybridized carbons (Fsp3) is 0.957. The molecule has 10 nitrogen and oxygen atoms in total. The molecule has 4 aliphatic rings. The Morgan fingerprint density at radius 3 is 2.32 bits per heavy atom. The van der Waals surface area contributed by atoms with Crippen LogP contribution in [0.15, 0.2) is 0 Å². The van der Waals surface area contributed by atoms with Crippen molar-refractivity contribution in [3.63, 3.8) is 0 Å². The number of amides is 1. The number of carbonyl (C=O) groups excluding carboxylic acids is 1. The zero-order valence-corrected chi connectivity index (χ0v) is 21.1. The second-order valence-corrected chi connectivity index (χ2v) is 12.6. The lowest BCUT2D eigenvalue weighted by Gasteiger charge is -2.41. The summed E-state index contributed by atoms with van der Waals surface area (Å²) in [4.78, 5) is 17.0. The molecule has 3 aliphatic heterocycles. The molecule has 0 aromatic rings. The molecule has 5 atom stereocenters. The Morgan fingerprint density at radius 2 is 1.68 bits per heavy atom. The second-order valence-electron chi connectivity index (χ2n) is 10.6. The second kappa shape index (κ2) is 11.5. The molecule has 11 heteroatoms. The number of nitrogens with zero attached hydrogens (tertiary/aromatic N) is 2. The van der Waals surface area contributed by atoms with Crippen LogP contribution in [0.25, 0.3) is 0 Å². The maximum Gasteiger partial charge on any atom is 0.225 e. The zero-order valence-electron chi connectivity index (χ0n) is 20.3. The molecule has 34 heavy (non-hydrogen) atoms. The fourth-order valence-corrected chi connectivity index (χ4v) is 7.27. The van der Waals surface area contributed by atoms with Crippen molar-refractivity contribution in [3.8, 4) is 0 Å². The highest BCUT2D eigenvalue weighted by Gasteiger charge is 2.44. The van der Waals surface area contributed by atoms with Crippen molar-refractivity contribution in [1.29, 1.82) is 0 Å². The van der Waals surface area contributed by atoms with Gasteiger partial charge in [-0.1, -0.05) is 6.92 Å². The minimum absolute atomic E-state index is 0.0241. The molecule has 3 heterocycles. The van der Waals surface area contributed by atoms with E-state index in [4.69, 9.17) is 4.74 Å². The van der Waals surface area contributed by atoms with E-state index in [-0.39, 0.29) is 18.9 Å². The highest BCUT2D eigenvalue weighted by atomic mass is 32.2. The van der Waals surface area contributed by atoms with Gasteiger partial charge in [0, 0.05) is 32.7 Å². The van der Waals surface area contributed by atoms with Crippen LogP contribution in [0.5, 0.6) is 0 Å². The molecule has 0 aromatic heterocycles. The molecule has 5 unspecified atom stereocenters. The molecule has 1 amide bonds. The predicted molar refractivity (Wildman–Crippen MR) is 127 cm³/mol. The van der Waals surface area contributed by atoms with Crippen LogP contribution >= 0.6 is 0 Å². The number of aliphatic hydroxyl groups excluding tert-OH is 2. The number of ether oxygens (including phenoxy) is 1. The van der Waals surface area contributed by atoms with Gasteiger partial charge < -0.3 is 25.2 Å². The average molecular weight is 503 g/mol. The van der Waals surface area contributed by atoms with E-state index in [9.17, 15) is 23.4 Å². The lowest BCUT2D eigenvalue weighted by Crippen LogP contribution is -2.57. The summed E-state index contributed by atoms with van der Waals surface area (Å²) in [5.41, 5.74) is 0. The summed E-state index contributed by atoms with van der Waals surface area (Å²) in [6.07, 6.45) is 2.83. The first-order chi connectivity index (χ1) is 16.2. The van der Waals surface area contributed by atoms with Crippen molar-refractivity contribution < 1.29 is 28.2 Å². The molecule has 4 rings (SSSR count). The largest absolute Gasteiger partial charge is 0.388 e. The van der Waals surface area contributed by atoms with E-state index in [2.05, 4.69) is 21.9 Å². The number of piperazine rings is 1. The minimum Gasteiger partial charge on any atom is -0.388 e. The molecule has 0 bridgehead atoms. The van der Waals surface area contributed by atoms with Crippen molar-refractivity contribution in [3.05, 3.63) is 0 Å². The van der Waals surface area contributed by atoms with Crippen molar-refractivity contribution in [1.82, 2.24) is 19.8 Å². The van der Waals surface area contributed by atoms with E-state index >= 15 is 0 Å². The molecular formula is C23H42N4O6S. The Bertz CT molecular complexity index is 776. The number of hydrogen-bond donors (Lipinski definition) is 4. The lowest BCUT2D eigenvalue weighted by atomic mass is 9.91. The first-order valence-corrected chi connectivity index (χ1v) is 14.5. The number of nitrogens with one attached hydrogen (secondary N) is 2. The molecular weight excluding hydrogens is 460 g/mol.